The molecule has 1 fully saturated rings. The Hall–Kier alpha value is -0.820. The summed E-state index contributed by atoms with van der Waals surface area (Å²) < 4.78 is 0. The van der Waals surface area contributed by atoms with Gasteiger partial charge in [-0.2, -0.15) is 0 Å². The van der Waals surface area contributed by atoms with E-state index in [2.05, 4.69) is 51.2 Å². The van der Waals surface area contributed by atoms with Crippen molar-refractivity contribution in [1.29, 1.82) is 0 Å². The predicted octanol–water partition coefficient (Wildman–Crippen LogP) is 3.54. The van der Waals surface area contributed by atoms with Crippen LogP contribution in [0.3, 0.4) is 0 Å². The first-order valence-corrected chi connectivity index (χ1v) is 6.38. The Morgan fingerprint density at radius 1 is 1.12 bits per heavy atom. The molecule has 1 aliphatic heterocycles. The van der Waals surface area contributed by atoms with Crippen LogP contribution < -0.4 is 5.32 Å². The molecule has 0 saturated carbocycles. The zero-order valence-electron chi connectivity index (χ0n) is 10.9. The fraction of sp³-hybridized carbons (Fsp3) is 0.600. The van der Waals surface area contributed by atoms with Gasteiger partial charge in [-0.05, 0) is 44.7 Å². The molecular weight excluding hydrogens is 194 g/mol. The van der Waals surface area contributed by atoms with Crippen LogP contribution in [0.15, 0.2) is 18.2 Å². The highest BCUT2D eigenvalue weighted by molar-refractivity contribution is 5.34. The molecule has 1 unspecified atom stereocenters. The molecule has 1 atom stereocenters. The van der Waals surface area contributed by atoms with Crippen LogP contribution in [0.5, 0.6) is 0 Å². The van der Waals surface area contributed by atoms with Crippen LogP contribution in [0.2, 0.25) is 0 Å². The van der Waals surface area contributed by atoms with E-state index in [0.717, 1.165) is 6.54 Å². The van der Waals surface area contributed by atoms with Gasteiger partial charge in [-0.3, -0.25) is 0 Å². The topological polar surface area (TPSA) is 12.0 Å². The lowest BCUT2D eigenvalue weighted by molar-refractivity contribution is 0.277. The molecule has 1 aromatic rings. The molecule has 1 N–H and O–H groups in total. The van der Waals surface area contributed by atoms with Gasteiger partial charge in [0.1, 0.15) is 0 Å². The highest BCUT2D eigenvalue weighted by atomic mass is 15.0. The van der Waals surface area contributed by atoms with Gasteiger partial charge < -0.3 is 5.32 Å². The van der Waals surface area contributed by atoms with Gasteiger partial charge in [0, 0.05) is 5.54 Å². The summed E-state index contributed by atoms with van der Waals surface area (Å²) in [5.74, 6) is 0.649. The molecule has 0 radical (unpaired) electrons. The fourth-order valence-electron chi connectivity index (χ4n) is 3.07. The van der Waals surface area contributed by atoms with E-state index in [1.807, 2.05) is 0 Å². The van der Waals surface area contributed by atoms with Crippen molar-refractivity contribution < 1.29 is 0 Å². The van der Waals surface area contributed by atoms with Crippen LogP contribution in [-0.4, -0.2) is 6.54 Å². The summed E-state index contributed by atoms with van der Waals surface area (Å²) in [5.41, 5.74) is 4.46. The third-order valence-corrected chi connectivity index (χ3v) is 3.91. The van der Waals surface area contributed by atoms with Crippen LogP contribution >= 0.6 is 0 Å². The second-order valence-corrected chi connectivity index (χ2v) is 5.53. The van der Waals surface area contributed by atoms with E-state index in [1.165, 1.54) is 29.5 Å². The maximum atomic E-state index is 3.74. The van der Waals surface area contributed by atoms with Crippen LogP contribution in [-0.2, 0) is 5.54 Å². The Morgan fingerprint density at radius 2 is 1.75 bits per heavy atom. The van der Waals surface area contributed by atoms with E-state index in [9.17, 15) is 0 Å². The van der Waals surface area contributed by atoms with Crippen LogP contribution in [0, 0.1) is 19.8 Å². The van der Waals surface area contributed by atoms with Gasteiger partial charge in [0.05, 0.1) is 0 Å². The number of nitrogens with one attached hydrogen (secondary N) is 1. The summed E-state index contributed by atoms with van der Waals surface area (Å²) >= 11 is 0. The summed E-state index contributed by atoms with van der Waals surface area (Å²) in [6.07, 6.45) is 2.57. The molecule has 1 aliphatic rings. The number of benzene rings is 1. The minimum Gasteiger partial charge on any atom is -0.307 e. The molecule has 0 spiro atoms. The SMILES string of the molecule is Cc1cc(C)cc(C2(C(C)C)CCCN2)c1. The van der Waals surface area contributed by atoms with Gasteiger partial charge in [-0.15, -0.1) is 0 Å². The standard InChI is InChI=1S/C15H23N/c1-11(2)15(6-5-7-16-15)14-9-12(3)8-13(4)10-14/h8-11,16H,5-7H2,1-4H3. The summed E-state index contributed by atoms with van der Waals surface area (Å²) in [7, 11) is 0. The molecule has 0 bridgehead atoms. The van der Waals surface area contributed by atoms with Crippen molar-refractivity contribution in [2.24, 2.45) is 5.92 Å². The Labute approximate surface area is 99.3 Å². The Balaban J connectivity index is 2.47. The monoisotopic (exact) mass is 217 g/mol. The van der Waals surface area contributed by atoms with E-state index < -0.39 is 0 Å². The average Bonchev–Trinajstić information content (AvgIpc) is 2.65. The van der Waals surface area contributed by atoms with Crippen molar-refractivity contribution in [2.45, 2.75) is 46.1 Å². The van der Waals surface area contributed by atoms with Crippen molar-refractivity contribution in [3.8, 4) is 0 Å². The fourth-order valence-corrected chi connectivity index (χ4v) is 3.07. The van der Waals surface area contributed by atoms with Crippen molar-refractivity contribution in [3.63, 3.8) is 0 Å². The molecule has 1 nitrogen and oxygen atoms in total. The van der Waals surface area contributed by atoms with Crippen LogP contribution in [0.1, 0.15) is 43.4 Å². The first-order chi connectivity index (χ1) is 7.54. The Morgan fingerprint density at radius 3 is 2.19 bits per heavy atom. The lowest BCUT2D eigenvalue weighted by Crippen LogP contribution is -2.41. The Kier molecular flexibility index (Phi) is 3.07. The molecule has 88 valence electrons. The normalized spacial score (nSPS) is 25.3. The second kappa shape index (κ2) is 4.21. The molecule has 1 heterocycles. The van der Waals surface area contributed by atoms with E-state index in [-0.39, 0.29) is 5.54 Å². The number of hydrogen-bond donors (Lipinski definition) is 1. The molecule has 1 heteroatoms. The minimum absolute atomic E-state index is 0.219. The van der Waals surface area contributed by atoms with E-state index in [4.69, 9.17) is 0 Å². The lowest BCUT2D eigenvalue weighted by atomic mass is 9.78. The zero-order chi connectivity index (χ0) is 11.8. The molecule has 0 amide bonds. The highest BCUT2D eigenvalue weighted by Crippen LogP contribution is 2.38. The van der Waals surface area contributed by atoms with Crippen molar-refractivity contribution >= 4 is 0 Å². The summed E-state index contributed by atoms with van der Waals surface area (Å²) in [6.45, 7) is 10.2. The van der Waals surface area contributed by atoms with Crippen molar-refractivity contribution in [3.05, 3.63) is 34.9 Å². The number of aryl methyl sites for hydroxylation is 2. The van der Waals surface area contributed by atoms with Crippen molar-refractivity contribution in [2.75, 3.05) is 6.54 Å². The minimum atomic E-state index is 0.219. The molecular formula is C15H23N. The first-order valence-electron chi connectivity index (χ1n) is 6.38. The van der Waals surface area contributed by atoms with Crippen LogP contribution in [0.25, 0.3) is 0 Å². The van der Waals surface area contributed by atoms with Gasteiger partial charge in [-0.1, -0.05) is 43.2 Å². The third-order valence-electron chi connectivity index (χ3n) is 3.91. The molecule has 2 rings (SSSR count). The Bertz CT molecular complexity index is 353. The molecule has 1 aromatic carbocycles. The molecule has 0 aliphatic carbocycles. The van der Waals surface area contributed by atoms with E-state index in [1.54, 1.807) is 0 Å². The number of rotatable bonds is 2. The third kappa shape index (κ3) is 1.89. The second-order valence-electron chi connectivity index (χ2n) is 5.53. The predicted molar refractivity (Wildman–Crippen MR) is 69.7 cm³/mol. The van der Waals surface area contributed by atoms with E-state index >= 15 is 0 Å². The highest BCUT2D eigenvalue weighted by Gasteiger charge is 2.38. The van der Waals surface area contributed by atoms with Gasteiger partial charge >= 0.3 is 0 Å². The molecule has 0 aromatic heterocycles. The van der Waals surface area contributed by atoms with Crippen LogP contribution in [0.4, 0.5) is 0 Å². The quantitative estimate of drug-likeness (QED) is 0.799. The maximum absolute atomic E-state index is 3.74. The zero-order valence-corrected chi connectivity index (χ0v) is 10.9. The van der Waals surface area contributed by atoms with Gasteiger partial charge in [0.25, 0.3) is 0 Å². The summed E-state index contributed by atoms with van der Waals surface area (Å²) in [6, 6.07) is 6.96. The maximum Gasteiger partial charge on any atom is 0.0458 e. The summed E-state index contributed by atoms with van der Waals surface area (Å²) in [4.78, 5) is 0. The van der Waals surface area contributed by atoms with E-state index in [0.29, 0.717) is 5.92 Å². The summed E-state index contributed by atoms with van der Waals surface area (Å²) in [5, 5.41) is 3.74. The van der Waals surface area contributed by atoms with Gasteiger partial charge in [0.2, 0.25) is 0 Å². The molecule has 16 heavy (non-hydrogen) atoms. The first kappa shape index (κ1) is 11.7. The van der Waals surface area contributed by atoms with Gasteiger partial charge in [-0.25, -0.2) is 0 Å². The average molecular weight is 217 g/mol. The largest absolute Gasteiger partial charge is 0.307 e. The van der Waals surface area contributed by atoms with Gasteiger partial charge in [0.15, 0.2) is 0 Å². The lowest BCUT2D eigenvalue weighted by Gasteiger charge is -2.35. The molecule has 1 saturated heterocycles. The smallest absolute Gasteiger partial charge is 0.0458 e. The number of hydrogen-bond acceptors (Lipinski definition) is 1. The van der Waals surface area contributed by atoms with Crippen molar-refractivity contribution in [1.82, 2.24) is 5.32 Å².